The fourth-order valence-electron chi connectivity index (χ4n) is 2.28. The molecule has 0 unspecified atom stereocenters. The van der Waals surface area contributed by atoms with E-state index in [1.54, 1.807) is 54.6 Å². The van der Waals surface area contributed by atoms with Crippen LogP contribution in [-0.2, 0) is 16.6 Å². The maximum Gasteiger partial charge on any atom is 0.240 e. The number of aliphatic imine (C=N–C) groups is 1. The molecular weight excluding hydrogens is 407 g/mol. The van der Waals surface area contributed by atoms with Gasteiger partial charge in [-0.1, -0.05) is 40.9 Å². The Bertz CT molecular complexity index is 1050. The Balaban J connectivity index is 1.65. The molecule has 2 aromatic carbocycles. The van der Waals surface area contributed by atoms with E-state index in [4.69, 9.17) is 27.6 Å². The molecule has 0 fully saturated rings. The van der Waals surface area contributed by atoms with Crippen molar-refractivity contribution in [1.82, 2.24) is 4.72 Å². The standard InChI is InChI=1S/C19H16Cl2N2O3S/c1-13-2-6-19(7-3-13)27(24,25)23-12-18-5-4-17(26-18)11-22-16-9-14(20)8-15(21)10-16/h2-11,23H,12H2,1H3. The van der Waals surface area contributed by atoms with Gasteiger partial charge in [0.2, 0.25) is 10.0 Å². The second-order valence-electron chi connectivity index (χ2n) is 5.83. The first-order valence-corrected chi connectivity index (χ1v) is 10.2. The van der Waals surface area contributed by atoms with Crippen molar-refractivity contribution < 1.29 is 12.8 Å². The smallest absolute Gasteiger partial charge is 0.240 e. The molecule has 0 spiro atoms. The van der Waals surface area contributed by atoms with Crippen LogP contribution < -0.4 is 4.72 Å². The summed E-state index contributed by atoms with van der Waals surface area (Å²) in [4.78, 5) is 4.46. The maximum absolute atomic E-state index is 12.3. The second-order valence-corrected chi connectivity index (χ2v) is 8.47. The highest BCUT2D eigenvalue weighted by atomic mass is 35.5. The van der Waals surface area contributed by atoms with Gasteiger partial charge in [-0.2, -0.15) is 0 Å². The van der Waals surface area contributed by atoms with Crippen LogP contribution in [0.4, 0.5) is 5.69 Å². The van der Waals surface area contributed by atoms with Crippen LogP contribution in [0.3, 0.4) is 0 Å². The minimum Gasteiger partial charge on any atom is -0.459 e. The molecule has 0 saturated heterocycles. The van der Waals surface area contributed by atoms with Crippen molar-refractivity contribution in [1.29, 1.82) is 0 Å². The van der Waals surface area contributed by atoms with Gasteiger partial charge in [-0.3, -0.25) is 4.99 Å². The maximum atomic E-state index is 12.3. The van der Waals surface area contributed by atoms with Crippen LogP contribution in [0.5, 0.6) is 0 Å². The molecule has 1 N–H and O–H groups in total. The summed E-state index contributed by atoms with van der Waals surface area (Å²) in [6.07, 6.45) is 1.51. The van der Waals surface area contributed by atoms with Crippen molar-refractivity contribution in [3.63, 3.8) is 0 Å². The third-order valence-electron chi connectivity index (χ3n) is 3.64. The van der Waals surface area contributed by atoms with Crippen LogP contribution in [0, 0.1) is 6.92 Å². The summed E-state index contributed by atoms with van der Waals surface area (Å²) in [6.45, 7) is 1.93. The Labute approximate surface area is 167 Å². The minimum absolute atomic E-state index is 0.0348. The quantitative estimate of drug-likeness (QED) is 0.559. The van der Waals surface area contributed by atoms with E-state index in [9.17, 15) is 8.42 Å². The molecule has 0 bridgehead atoms. The number of aryl methyl sites for hydroxylation is 1. The van der Waals surface area contributed by atoms with Crippen molar-refractivity contribution in [2.75, 3.05) is 0 Å². The lowest BCUT2D eigenvalue weighted by atomic mass is 10.2. The van der Waals surface area contributed by atoms with Crippen LogP contribution in [0.2, 0.25) is 10.0 Å². The number of sulfonamides is 1. The van der Waals surface area contributed by atoms with E-state index >= 15 is 0 Å². The highest BCUT2D eigenvalue weighted by Crippen LogP contribution is 2.24. The van der Waals surface area contributed by atoms with E-state index in [0.717, 1.165) is 5.56 Å². The van der Waals surface area contributed by atoms with Crippen molar-refractivity contribution >= 4 is 45.1 Å². The molecule has 0 saturated carbocycles. The van der Waals surface area contributed by atoms with Crippen LogP contribution in [0.1, 0.15) is 17.1 Å². The first kappa shape index (κ1) is 19.6. The van der Waals surface area contributed by atoms with Crippen molar-refractivity contribution in [3.8, 4) is 0 Å². The Morgan fingerprint density at radius 2 is 1.70 bits per heavy atom. The van der Waals surface area contributed by atoms with E-state index in [1.165, 1.54) is 6.21 Å². The molecule has 140 valence electrons. The Hall–Kier alpha value is -2.12. The number of rotatable bonds is 6. The van der Waals surface area contributed by atoms with E-state index in [2.05, 4.69) is 9.71 Å². The topological polar surface area (TPSA) is 71.7 Å². The van der Waals surface area contributed by atoms with Gasteiger partial charge in [-0.05, 0) is 49.4 Å². The zero-order chi connectivity index (χ0) is 19.4. The zero-order valence-corrected chi connectivity index (χ0v) is 16.6. The SMILES string of the molecule is Cc1ccc(S(=O)(=O)NCc2ccc(C=Nc3cc(Cl)cc(Cl)c3)o2)cc1. The summed E-state index contributed by atoms with van der Waals surface area (Å²) < 4.78 is 32.7. The van der Waals surface area contributed by atoms with Gasteiger partial charge in [-0.25, -0.2) is 13.1 Å². The zero-order valence-electron chi connectivity index (χ0n) is 14.3. The summed E-state index contributed by atoms with van der Waals surface area (Å²) >= 11 is 11.9. The summed E-state index contributed by atoms with van der Waals surface area (Å²) in [5.41, 5.74) is 1.58. The molecule has 0 atom stereocenters. The summed E-state index contributed by atoms with van der Waals surface area (Å²) in [7, 11) is -3.60. The molecule has 0 amide bonds. The molecular formula is C19H16Cl2N2O3S. The van der Waals surface area contributed by atoms with Gasteiger partial charge in [-0.15, -0.1) is 0 Å². The van der Waals surface area contributed by atoms with Crippen molar-refractivity contribution in [2.45, 2.75) is 18.4 Å². The minimum atomic E-state index is -3.60. The van der Waals surface area contributed by atoms with Crippen LogP contribution in [0.25, 0.3) is 0 Å². The van der Waals surface area contributed by atoms with E-state index in [-0.39, 0.29) is 11.4 Å². The monoisotopic (exact) mass is 422 g/mol. The van der Waals surface area contributed by atoms with E-state index in [1.807, 2.05) is 6.92 Å². The number of nitrogens with zero attached hydrogens (tertiary/aromatic N) is 1. The van der Waals surface area contributed by atoms with E-state index < -0.39 is 10.0 Å². The molecule has 5 nitrogen and oxygen atoms in total. The third-order valence-corrected chi connectivity index (χ3v) is 5.49. The van der Waals surface area contributed by atoms with Crippen LogP contribution in [0.15, 0.2) is 68.9 Å². The van der Waals surface area contributed by atoms with Gasteiger partial charge in [0.25, 0.3) is 0 Å². The fraction of sp³-hybridized carbons (Fsp3) is 0.105. The highest BCUT2D eigenvalue weighted by Gasteiger charge is 2.14. The fourth-order valence-corrected chi connectivity index (χ4v) is 3.79. The lowest BCUT2D eigenvalue weighted by Gasteiger charge is -2.05. The van der Waals surface area contributed by atoms with Crippen molar-refractivity contribution in [2.24, 2.45) is 4.99 Å². The summed E-state index contributed by atoms with van der Waals surface area (Å²) in [5, 5.41) is 0.973. The Morgan fingerprint density at radius 1 is 1.04 bits per heavy atom. The third kappa shape index (κ3) is 5.43. The molecule has 27 heavy (non-hydrogen) atoms. The highest BCUT2D eigenvalue weighted by molar-refractivity contribution is 7.89. The van der Waals surface area contributed by atoms with Crippen LogP contribution in [-0.4, -0.2) is 14.6 Å². The molecule has 0 radical (unpaired) electrons. The largest absolute Gasteiger partial charge is 0.459 e. The molecule has 1 heterocycles. The normalized spacial score (nSPS) is 12.0. The molecule has 0 aliphatic carbocycles. The molecule has 3 rings (SSSR count). The van der Waals surface area contributed by atoms with Gasteiger partial charge >= 0.3 is 0 Å². The van der Waals surface area contributed by atoms with Gasteiger partial charge in [0.1, 0.15) is 11.5 Å². The summed E-state index contributed by atoms with van der Waals surface area (Å²) in [5.74, 6) is 0.951. The van der Waals surface area contributed by atoms with E-state index in [0.29, 0.717) is 27.3 Å². The second kappa shape index (κ2) is 8.27. The van der Waals surface area contributed by atoms with Crippen molar-refractivity contribution in [3.05, 3.63) is 81.7 Å². The first-order valence-electron chi connectivity index (χ1n) is 7.97. The average Bonchev–Trinajstić information content (AvgIpc) is 3.06. The number of hydrogen-bond acceptors (Lipinski definition) is 4. The number of nitrogens with one attached hydrogen (secondary N) is 1. The predicted octanol–water partition coefficient (Wildman–Crippen LogP) is 5.12. The summed E-state index contributed by atoms with van der Waals surface area (Å²) in [6, 6.07) is 15.0. The van der Waals surface area contributed by atoms with Crippen LogP contribution >= 0.6 is 23.2 Å². The lowest BCUT2D eigenvalue weighted by molar-refractivity contribution is 0.494. The Kier molecular flexibility index (Phi) is 6.01. The number of hydrogen-bond donors (Lipinski definition) is 1. The van der Waals surface area contributed by atoms with Gasteiger partial charge in [0, 0.05) is 10.0 Å². The van der Waals surface area contributed by atoms with Gasteiger partial charge in [0.15, 0.2) is 0 Å². The molecule has 3 aromatic rings. The molecule has 1 aromatic heterocycles. The number of halogens is 2. The molecule has 0 aliphatic rings. The predicted molar refractivity (Wildman–Crippen MR) is 108 cm³/mol. The Morgan fingerprint density at radius 3 is 2.37 bits per heavy atom. The number of furan rings is 1. The molecule has 8 heteroatoms. The lowest BCUT2D eigenvalue weighted by Crippen LogP contribution is -2.22. The number of benzene rings is 2. The first-order chi connectivity index (χ1) is 12.8. The molecule has 0 aliphatic heterocycles. The van der Waals surface area contributed by atoms with Gasteiger partial charge in [0.05, 0.1) is 23.3 Å². The van der Waals surface area contributed by atoms with Gasteiger partial charge < -0.3 is 4.42 Å². The average molecular weight is 423 g/mol.